The lowest BCUT2D eigenvalue weighted by molar-refractivity contribution is 0.627. The largest absolute Gasteiger partial charge is 0.454 e. The average Bonchev–Trinajstić information content (AvgIpc) is 3.03. The number of nitrogens with one attached hydrogen (secondary N) is 1. The second kappa shape index (κ2) is 3.71. The molecule has 3 heterocycles. The van der Waals surface area contributed by atoms with Gasteiger partial charge in [0.2, 0.25) is 5.95 Å². The predicted molar refractivity (Wildman–Crippen MR) is 73.8 cm³/mol. The molecule has 5 nitrogen and oxygen atoms in total. The summed E-state index contributed by atoms with van der Waals surface area (Å²) < 4.78 is 5.86. The molecule has 0 amide bonds. The Hall–Kier alpha value is -2.56. The van der Waals surface area contributed by atoms with E-state index < -0.39 is 0 Å². The topological polar surface area (TPSA) is 77.0 Å². The van der Waals surface area contributed by atoms with Gasteiger partial charge in [-0.3, -0.25) is 0 Å². The van der Waals surface area contributed by atoms with E-state index in [0.29, 0.717) is 0 Å². The Labute approximate surface area is 109 Å². The van der Waals surface area contributed by atoms with Crippen molar-refractivity contribution in [3.63, 3.8) is 0 Å². The minimum Gasteiger partial charge on any atom is -0.454 e. The first-order valence-electron chi connectivity index (χ1n) is 6.20. The minimum atomic E-state index is 0.267. The number of furan rings is 1. The molecule has 0 fully saturated rings. The van der Waals surface area contributed by atoms with E-state index in [1.807, 2.05) is 30.3 Å². The van der Waals surface area contributed by atoms with Gasteiger partial charge < -0.3 is 15.5 Å². The van der Waals surface area contributed by atoms with Crippen LogP contribution in [-0.4, -0.2) is 16.5 Å². The number of anilines is 2. The molecular formula is C14H12N4O. The van der Waals surface area contributed by atoms with E-state index in [0.717, 1.165) is 46.8 Å². The second-order valence-electron chi connectivity index (χ2n) is 4.58. The fourth-order valence-electron chi connectivity index (χ4n) is 2.49. The Bertz CT molecular complexity index is 745. The lowest BCUT2D eigenvalue weighted by Crippen LogP contribution is -2.01. The number of nitrogens with two attached hydrogens (primary N) is 1. The molecule has 0 aliphatic carbocycles. The highest BCUT2D eigenvalue weighted by Crippen LogP contribution is 2.33. The van der Waals surface area contributed by atoms with Gasteiger partial charge in [-0.1, -0.05) is 18.2 Å². The van der Waals surface area contributed by atoms with Crippen LogP contribution in [-0.2, 0) is 6.42 Å². The van der Waals surface area contributed by atoms with Crippen LogP contribution in [0.15, 0.2) is 34.7 Å². The number of benzene rings is 1. The van der Waals surface area contributed by atoms with Gasteiger partial charge in [-0.15, -0.1) is 0 Å². The molecule has 4 rings (SSSR count). The van der Waals surface area contributed by atoms with E-state index in [9.17, 15) is 0 Å². The zero-order valence-electron chi connectivity index (χ0n) is 10.2. The third-order valence-electron chi connectivity index (χ3n) is 3.35. The molecule has 0 atom stereocenters. The Kier molecular flexibility index (Phi) is 2.03. The summed E-state index contributed by atoms with van der Waals surface area (Å²) in [4.78, 5) is 8.55. The van der Waals surface area contributed by atoms with Crippen molar-refractivity contribution in [3.8, 4) is 11.5 Å². The van der Waals surface area contributed by atoms with Crippen LogP contribution < -0.4 is 11.1 Å². The van der Waals surface area contributed by atoms with Gasteiger partial charge in [0.05, 0.1) is 0 Å². The van der Waals surface area contributed by atoms with Crippen molar-refractivity contribution in [1.82, 2.24) is 9.97 Å². The Morgan fingerprint density at radius 1 is 1.21 bits per heavy atom. The molecule has 19 heavy (non-hydrogen) atoms. The monoisotopic (exact) mass is 252 g/mol. The number of aromatic nitrogens is 2. The van der Waals surface area contributed by atoms with Gasteiger partial charge in [0.15, 0.2) is 5.76 Å². The summed E-state index contributed by atoms with van der Waals surface area (Å²) in [5, 5.41) is 4.28. The van der Waals surface area contributed by atoms with Crippen molar-refractivity contribution in [3.05, 3.63) is 35.9 Å². The summed E-state index contributed by atoms with van der Waals surface area (Å²) in [5.74, 6) is 1.84. The fourth-order valence-corrected chi connectivity index (χ4v) is 2.49. The molecule has 0 saturated carbocycles. The van der Waals surface area contributed by atoms with E-state index in [2.05, 4.69) is 15.3 Å². The molecule has 3 aromatic rings. The van der Waals surface area contributed by atoms with Crippen molar-refractivity contribution < 1.29 is 4.42 Å². The maximum absolute atomic E-state index is 5.86. The van der Waals surface area contributed by atoms with Gasteiger partial charge in [-0.25, -0.2) is 4.98 Å². The Morgan fingerprint density at radius 3 is 3.00 bits per heavy atom. The smallest absolute Gasteiger partial charge is 0.222 e. The molecular weight excluding hydrogens is 240 g/mol. The zero-order valence-corrected chi connectivity index (χ0v) is 10.2. The molecule has 94 valence electrons. The number of hydrogen-bond acceptors (Lipinski definition) is 5. The molecule has 0 spiro atoms. The van der Waals surface area contributed by atoms with Gasteiger partial charge in [-0.05, 0) is 18.6 Å². The first-order valence-corrected chi connectivity index (χ1v) is 6.20. The van der Waals surface area contributed by atoms with Gasteiger partial charge in [0, 0.05) is 17.5 Å². The van der Waals surface area contributed by atoms with E-state index in [4.69, 9.17) is 10.2 Å². The van der Waals surface area contributed by atoms with Crippen molar-refractivity contribution >= 4 is 22.7 Å². The quantitative estimate of drug-likeness (QED) is 0.695. The molecule has 0 radical (unpaired) electrons. The molecule has 5 heteroatoms. The van der Waals surface area contributed by atoms with Crippen LogP contribution in [0.2, 0.25) is 0 Å². The summed E-state index contributed by atoms with van der Waals surface area (Å²) in [5.41, 5.74) is 8.49. The van der Waals surface area contributed by atoms with Crippen molar-refractivity contribution in [2.75, 3.05) is 17.6 Å². The van der Waals surface area contributed by atoms with Crippen LogP contribution in [0.25, 0.3) is 22.4 Å². The number of para-hydroxylation sites is 1. The third kappa shape index (κ3) is 1.55. The molecule has 3 N–H and O–H groups in total. The molecule has 0 saturated heterocycles. The summed E-state index contributed by atoms with van der Waals surface area (Å²) >= 11 is 0. The van der Waals surface area contributed by atoms with Crippen LogP contribution >= 0.6 is 0 Å². The molecule has 1 aliphatic heterocycles. The van der Waals surface area contributed by atoms with Crippen LogP contribution in [0.3, 0.4) is 0 Å². The highest BCUT2D eigenvalue weighted by atomic mass is 16.3. The predicted octanol–water partition coefficient (Wildman–Crippen LogP) is 2.44. The van der Waals surface area contributed by atoms with Crippen LogP contribution in [0.5, 0.6) is 0 Å². The number of fused-ring (bicyclic) bond motifs is 2. The van der Waals surface area contributed by atoms with Crippen LogP contribution in [0.4, 0.5) is 11.8 Å². The van der Waals surface area contributed by atoms with Crippen molar-refractivity contribution in [2.45, 2.75) is 6.42 Å². The lowest BCUT2D eigenvalue weighted by atomic mass is 10.1. The fraction of sp³-hybridized carbons (Fsp3) is 0.143. The molecule has 1 aliphatic rings. The van der Waals surface area contributed by atoms with Crippen LogP contribution in [0.1, 0.15) is 5.56 Å². The molecule has 2 aromatic heterocycles. The third-order valence-corrected chi connectivity index (χ3v) is 3.35. The summed E-state index contributed by atoms with van der Waals surface area (Å²) in [7, 11) is 0. The summed E-state index contributed by atoms with van der Waals surface area (Å²) in [6, 6.07) is 9.90. The van der Waals surface area contributed by atoms with Gasteiger partial charge >= 0.3 is 0 Å². The highest BCUT2D eigenvalue weighted by molar-refractivity contribution is 5.83. The summed E-state index contributed by atoms with van der Waals surface area (Å²) in [6.07, 6.45) is 0.891. The van der Waals surface area contributed by atoms with E-state index in [1.165, 1.54) is 0 Å². The standard InChI is InChI=1S/C14H12N4O/c15-14-17-12(9-5-6-16-13(9)18-14)11-7-8-3-1-2-4-10(8)19-11/h1-4,7H,5-6H2,(H3,15,16,17,18). The Balaban J connectivity index is 1.97. The Morgan fingerprint density at radius 2 is 2.11 bits per heavy atom. The van der Waals surface area contributed by atoms with Gasteiger partial charge in [0.1, 0.15) is 17.1 Å². The first kappa shape index (κ1) is 10.4. The van der Waals surface area contributed by atoms with E-state index in [-0.39, 0.29) is 5.95 Å². The first-order chi connectivity index (χ1) is 9.31. The molecule has 1 aromatic carbocycles. The second-order valence-corrected chi connectivity index (χ2v) is 4.58. The van der Waals surface area contributed by atoms with E-state index >= 15 is 0 Å². The maximum Gasteiger partial charge on any atom is 0.222 e. The molecule has 0 unspecified atom stereocenters. The number of nitrogens with zero attached hydrogens (tertiary/aromatic N) is 2. The van der Waals surface area contributed by atoms with Crippen molar-refractivity contribution in [1.29, 1.82) is 0 Å². The highest BCUT2D eigenvalue weighted by Gasteiger charge is 2.21. The number of rotatable bonds is 1. The zero-order chi connectivity index (χ0) is 12.8. The maximum atomic E-state index is 5.86. The minimum absolute atomic E-state index is 0.267. The normalized spacial score (nSPS) is 13.5. The van der Waals surface area contributed by atoms with Crippen LogP contribution in [0, 0.1) is 0 Å². The van der Waals surface area contributed by atoms with E-state index in [1.54, 1.807) is 0 Å². The van der Waals surface area contributed by atoms with Crippen molar-refractivity contribution in [2.24, 2.45) is 0 Å². The number of hydrogen-bond donors (Lipinski definition) is 2. The SMILES string of the molecule is Nc1nc2c(c(-c3cc4ccccc4o3)n1)CCN2. The number of nitrogen functional groups attached to an aromatic ring is 1. The summed E-state index contributed by atoms with van der Waals surface area (Å²) in [6.45, 7) is 0.862. The molecule has 0 bridgehead atoms. The van der Waals surface area contributed by atoms with Gasteiger partial charge in [-0.2, -0.15) is 4.98 Å². The lowest BCUT2D eigenvalue weighted by Gasteiger charge is -2.04. The van der Waals surface area contributed by atoms with Gasteiger partial charge in [0.25, 0.3) is 0 Å². The average molecular weight is 252 g/mol.